The van der Waals surface area contributed by atoms with E-state index < -0.39 is 5.60 Å². The Morgan fingerprint density at radius 2 is 1.43 bits per heavy atom. The fourth-order valence-electron chi connectivity index (χ4n) is 2.55. The monoisotopic (exact) mass is 290 g/mol. The average Bonchev–Trinajstić information content (AvgIpc) is 2.44. The van der Waals surface area contributed by atoms with Gasteiger partial charge >= 0.3 is 0 Å². The molecule has 0 saturated heterocycles. The first-order valence-corrected chi connectivity index (χ1v) is 8.76. The Bertz CT molecular complexity index is 375. The number of aliphatic hydroxyl groups is 1. The predicted molar refractivity (Wildman–Crippen MR) is 92.7 cm³/mol. The Morgan fingerprint density at radius 3 is 2.00 bits per heavy atom. The summed E-state index contributed by atoms with van der Waals surface area (Å²) in [6, 6.07) is 8.84. The van der Waals surface area contributed by atoms with E-state index in [1.165, 1.54) is 56.1 Å². The SMILES string of the molecule is CCCCCCCCc1ccc(CC(C)(O)C(C)C)cc1. The van der Waals surface area contributed by atoms with Gasteiger partial charge in [-0.25, -0.2) is 0 Å². The molecule has 1 N–H and O–H groups in total. The number of unbranched alkanes of at least 4 members (excludes halogenated alkanes) is 5. The van der Waals surface area contributed by atoms with E-state index in [9.17, 15) is 5.11 Å². The first-order chi connectivity index (χ1) is 9.95. The van der Waals surface area contributed by atoms with Gasteiger partial charge in [0, 0.05) is 6.42 Å². The number of hydrogen-bond acceptors (Lipinski definition) is 1. The average molecular weight is 290 g/mol. The van der Waals surface area contributed by atoms with Crippen LogP contribution in [0.4, 0.5) is 0 Å². The summed E-state index contributed by atoms with van der Waals surface area (Å²) in [4.78, 5) is 0. The van der Waals surface area contributed by atoms with Gasteiger partial charge in [0.25, 0.3) is 0 Å². The summed E-state index contributed by atoms with van der Waals surface area (Å²) in [6.07, 6.45) is 10.0. The highest BCUT2D eigenvalue weighted by Crippen LogP contribution is 2.22. The molecule has 1 aromatic rings. The molecule has 1 aromatic carbocycles. The van der Waals surface area contributed by atoms with Gasteiger partial charge in [0.1, 0.15) is 0 Å². The van der Waals surface area contributed by atoms with Crippen molar-refractivity contribution in [3.63, 3.8) is 0 Å². The molecule has 0 bridgehead atoms. The van der Waals surface area contributed by atoms with Crippen LogP contribution in [0.15, 0.2) is 24.3 Å². The van der Waals surface area contributed by atoms with Crippen molar-refractivity contribution in [3.8, 4) is 0 Å². The van der Waals surface area contributed by atoms with Crippen molar-refractivity contribution in [2.45, 2.75) is 84.7 Å². The third-order valence-electron chi connectivity index (χ3n) is 4.65. The third kappa shape index (κ3) is 7.13. The van der Waals surface area contributed by atoms with Gasteiger partial charge < -0.3 is 5.11 Å². The Kier molecular flexibility index (Phi) is 8.03. The highest BCUT2D eigenvalue weighted by molar-refractivity contribution is 5.24. The summed E-state index contributed by atoms with van der Waals surface area (Å²) in [5, 5.41) is 10.4. The van der Waals surface area contributed by atoms with E-state index in [0.29, 0.717) is 0 Å². The minimum Gasteiger partial charge on any atom is -0.390 e. The van der Waals surface area contributed by atoms with Gasteiger partial charge in [0.15, 0.2) is 0 Å². The van der Waals surface area contributed by atoms with E-state index in [0.717, 1.165) is 6.42 Å². The van der Waals surface area contributed by atoms with Gasteiger partial charge in [-0.2, -0.15) is 0 Å². The van der Waals surface area contributed by atoms with Gasteiger partial charge in [0.05, 0.1) is 5.60 Å². The highest BCUT2D eigenvalue weighted by Gasteiger charge is 2.24. The van der Waals surface area contributed by atoms with Gasteiger partial charge in [-0.15, -0.1) is 0 Å². The second-order valence-corrected chi connectivity index (χ2v) is 7.02. The fourth-order valence-corrected chi connectivity index (χ4v) is 2.55. The summed E-state index contributed by atoms with van der Waals surface area (Å²) < 4.78 is 0. The molecule has 0 spiro atoms. The molecule has 120 valence electrons. The van der Waals surface area contributed by atoms with E-state index >= 15 is 0 Å². The van der Waals surface area contributed by atoms with Crippen LogP contribution in [-0.4, -0.2) is 10.7 Å². The molecule has 1 unspecified atom stereocenters. The molecule has 0 amide bonds. The second-order valence-electron chi connectivity index (χ2n) is 7.02. The van der Waals surface area contributed by atoms with Crippen molar-refractivity contribution in [1.29, 1.82) is 0 Å². The third-order valence-corrected chi connectivity index (χ3v) is 4.65. The standard InChI is InChI=1S/C20H34O/c1-5-6-7-8-9-10-11-18-12-14-19(15-13-18)16-20(4,21)17(2)3/h12-15,17,21H,5-11,16H2,1-4H3. The Morgan fingerprint density at radius 1 is 0.905 bits per heavy atom. The van der Waals surface area contributed by atoms with Gasteiger partial charge in [-0.3, -0.25) is 0 Å². The molecular weight excluding hydrogens is 256 g/mol. The van der Waals surface area contributed by atoms with Crippen LogP contribution in [0.25, 0.3) is 0 Å². The van der Waals surface area contributed by atoms with Crippen molar-refractivity contribution < 1.29 is 5.11 Å². The minimum absolute atomic E-state index is 0.278. The van der Waals surface area contributed by atoms with Crippen LogP contribution in [0.5, 0.6) is 0 Å². The van der Waals surface area contributed by atoms with Gasteiger partial charge in [-0.1, -0.05) is 77.1 Å². The number of benzene rings is 1. The molecule has 0 fully saturated rings. The summed E-state index contributed by atoms with van der Waals surface area (Å²) in [5.74, 6) is 0.278. The normalized spacial score (nSPS) is 14.4. The Balaban J connectivity index is 2.34. The smallest absolute Gasteiger partial charge is 0.0682 e. The lowest BCUT2D eigenvalue weighted by Gasteiger charge is -2.27. The maximum Gasteiger partial charge on any atom is 0.0682 e. The molecule has 0 aliphatic heterocycles. The number of aryl methyl sites for hydroxylation is 1. The Labute approximate surface area is 131 Å². The summed E-state index contributed by atoms with van der Waals surface area (Å²) in [6.45, 7) is 8.35. The van der Waals surface area contributed by atoms with Crippen LogP contribution in [0.1, 0.15) is 77.3 Å². The van der Waals surface area contributed by atoms with E-state index in [1.807, 2.05) is 6.92 Å². The fraction of sp³-hybridized carbons (Fsp3) is 0.700. The van der Waals surface area contributed by atoms with Crippen LogP contribution in [0.3, 0.4) is 0 Å². The van der Waals surface area contributed by atoms with Crippen LogP contribution >= 0.6 is 0 Å². The maximum absolute atomic E-state index is 10.4. The number of hydrogen-bond donors (Lipinski definition) is 1. The first kappa shape index (κ1) is 18.2. The van der Waals surface area contributed by atoms with Crippen LogP contribution < -0.4 is 0 Å². The molecule has 0 heterocycles. The zero-order chi connectivity index (χ0) is 15.7. The molecule has 1 atom stereocenters. The molecule has 0 aliphatic rings. The van der Waals surface area contributed by atoms with Crippen molar-refractivity contribution in [2.75, 3.05) is 0 Å². The topological polar surface area (TPSA) is 20.2 Å². The molecular formula is C20H34O. The molecule has 0 aromatic heterocycles. The summed E-state index contributed by atoms with van der Waals surface area (Å²) >= 11 is 0. The lowest BCUT2D eigenvalue weighted by atomic mass is 9.86. The highest BCUT2D eigenvalue weighted by atomic mass is 16.3. The Hall–Kier alpha value is -0.820. The maximum atomic E-state index is 10.4. The lowest BCUT2D eigenvalue weighted by molar-refractivity contribution is 0.0139. The van der Waals surface area contributed by atoms with Crippen molar-refractivity contribution in [1.82, 2.24) is 0 Å². The van der Waals surface area contributed by atoms with Crippen molar-refractivity contribution >= 4 is 0 Å². The van der Waals surface area contributed by atoms with E-state index in [-0.39, 0.29) is 5.92 Å². The van der Waals surface area contributed by atoms with E-state index in [4.69, 9.17) is 0 Å². The summed E-state index contributed by atoms with van der Waals surface area (Å²) in [5.41, 5.74) is 2.06. The quantitative estimate of drug-likeness (QED) is 0.561. The van der Waals surface area contributed by atoms with Crippen molar-refractivity contribution in [3.05, 3.63) is 35.4 Å². The van der Waals surface area contributed by atoms with Crippen LogP contribution in [0.2, 0.25) is 0 Å². The molecule has 1 nitrogen and oxygen atoms in total. The molecule has 0 saturated carbocycles. The molecule has 0 radical (unpaired) electrons. The molecule has 1 rings (SSSR count). The summed E-state index contributed by atoms with van der Waals surface area (Å²) in [7, 11) is 0. The lowest BCUT2D eigenvalue weighted by Crippen LogP contribution is -2.33. The van der Waals surface area contributed by atoms with Gasteiger partial charge in [-0.05, 0) is 36.8 Å². The number of rotatable bonds is 10. The van der Waals surface area contributed by atoms with E-state index in [2.05, 4.69) is 45.0 Å². The molecule has 21 heavy (non-hydrogen) atoms. The molecule has 0 aliphatic carbocycles. The second kappa shape index (κ2) is 9.25. The zero-order valence-electron chi connectivity index (χ0n) is 14.5. The zero-order valence-corrected chi connectivity index (χ0v) is 14.5. The van der Waals surface area contributed by atoms with Crippen LogP contribution in [0, 0.1) is 5.92 Å². The predicted octanol–water partition coefficient (Wildman–Crippen LogP) is 5.54. The largest absolute Gasteiger partial charge is 0.390 e. The minimum atomic E-state index is -0.610. The van der Waals surface area contributed by atoms with Crippen LogP contribution in [-0.2, 0) is 12.8 Å². The van der Waals surface area contributed by atoms with Crippen molar-refractivity contribution in [2.24, 2.45) is 5.92 Å². The van der Waals surface area contributed by atoms with Gasteiger partial charge in [0.2, 0.25) is 0 Å². The first-order valence-electron chi connectivity index (χ1n) is 8.76. The molecule has 1 heteroatoms. The van der Waals surface area contributed by atoms with E-state index in [1.54, 1.807) is 0 Å².